The monoisotopic (exact) mass is 374 g/mol. The molecule has 0 bridgehead atoms. The highest BCUT2D eigenvalue weighted by molar-refractivity contribution is 6.35. The molecular formula is C16H13Cl3O4. The van der Waals surface area contributed by atoms with Crippen LogP contribution >= 0.6 is 34.8 Å². The lowest BCUT2D eigenvalue weighted by Crippen LogP contribution is -2.25. The molecule has 122 valence electrons. The zero-order valence-corrected chi connectivity index (χ0v) is 14.6. The standard InChI is InChI=1S/C16H13Cl3O4/c1-9(16(20)21-2)22-15-8-11(4-5-12(15)18)23-14-6-3-10(17)7-13(14)19/h3-9H,1-2H3. The number of ether oxygens (including phenoxy) is 3. The van der Waals surface area contributed by atoms with Crippen LogP contribution in [0.2, 0.25) is 15.1 Å². The van der Waals surface area contributed by atoms with Gasteiger partial charge in [-0.1, -0.05) is 34.8 Å². The van der Waals surface area contributed by atoms with Crippen LogP contribution in [0.5, 0.6) is 17.2 Å². The summed E-state index contributed by atoms with van der Waals surface area (Å²) in [5, 5.41) is 1.22. The second kappa shape index (κ2) is 7.77. The number of carbonyl (C=O) groups is 1. The maximum atomic E-state index is 11.4. The minimum absolute atomic E-state index is 0.298. The van der Waals surface area contributed by atoms with Gasteiger partial charge in [-0.05, 0) is 37.3 Å². The van der Waals surface area contributed by atoms with Crippen molar-refractivity contribution in [2.24, 2.45) is 0 Å². The molecule has 4 nitrogen and oxygen atoms in total. The first-order chi connectivity index (χ1) is 10.9. The highest BCUT2D eigenvalue weighted by atomic mass is 35.5. The summed E-state index contributed by atoms with van der Waals surface area (Å²) in [5.41, 5.74) is 0. The van der Waals surface area contributed by atoms with E-state index in [0.717, 1.165) is 0 Å². The van der Waals surface area contributed by atoms with E-state index >= 15 is 0 Å². The van der Waals surface area contributed by atoms with Gasteiger partial charge in [0.25, 0.3) is 0 Å². The molecule has 0 saturated carbocycles. The topological polar surface area (TPSA) is 44.8 Å². The molecule has 0 aromatic heterocycles. The van der Waals surface area contributed by atoms with Crippen molar-refractivity contribution < 1.29 is 19.0 Å². The zero-order valence-electron chi connectivity index (χ0n) is 12.3. The number of hydrogen-bond acceptors (Lipinski definition) is 4. The molecule has 0 spiro atoms. The van der Waals surface area contributed by atoms with Gasteiger partial charge in [-0.25, -0.2) is 4.79 Å². The largest absolute Gasteiger partial charge is 0.477 e. The van der Waals surface area contributed by atoms with Crippen molar-refractivity contribution in [2.75, 3.05) is 7.11 Å². The number of methoxy groups -OCH3 is 1. The quantitative estimate of drug-likeness (QED) is 0.658. The van der Waals surface area contributed by atoms with Crippen LogP contribution in [0.1, 0.15) is 6.92 Å². The highest BCUT2D eigenvalue weighted by Crippen LogP contribution is 2.35. The van der Waals surface area contributed by atoms with Gasteiger partial charge in [-0.15, -0.1) is 0 Å². The van der Waals surface area contributed by atoms with E-state index in [2.05, 4.69) is 4.74 Å². The third kappa shape index (κ3) is 4.67. The number of halogens is 3. The number of hydrogen-bond donors (Lipinski definition) is 0. The summed E-state index contributed by atoms with van der Waals surface area (Å²) in [6, 6.07) is 9.70. The third-order valence-electron chi connectivity index (χ3n) is 2.86. The Bertz CT molecular complexity index is 718. The van der Waals surface area contributed by atoms with Gasteiger partial charge in [-0.3, -0.25) is 0 Å². The Hall–Kier alpha value is -1.62. The first-order valence-electron chi connectivity index (χ1n) is 6.57. The van der Waals surface area contributed by atoms with Gasteiger partial charge in [0, 0.05) is 11.1 Å². The highest BCUT2D eigenvalue weighted by Gasteiger charge is 2.17. The molecule has 1 atom stereocenters. The minimum atomic E-state index is -0.799. The van der Waals surface area contributed by atoms with Crippen LogP contribution in [0.3, 0.4) is 0 Å². The first kappa shape index (κ1) is 17.7. The number of carbonyl (C=O) groups excluding carboxylic acids is 1. The van der Waals surface area contributed by atoms with Crippen molar-refractivity contribution >= 4 is 40.8 Å². The number of esters is 1. The molecule has 0 aliphatic rings. The van der Waals surface area contributed by atoms with Gasteiger partial charge >= 0.3 is 5.97 Å². The van der Waals surface area contributed by atoms with Crippen molar-refractivity contribution in [3.05, 3.63) is 51.5 Å². The lowest BCUT2D eigenvalue weighted by atomic mass is 10.3. The Morgan fingerprint density at radius 1 is 1.00 bits per heavy atom. The molecule has 0 aliphatic carbocycles. The molecule has 0 N–H and O–H groups in total. The second-order valence-electron chi connectivity index (χ2n) is 4.55. The number of rotatable bonds is 5. The second-order valence-corrected chi connectivity index (χ2v) is 5.80. The van der Waals surface area contributed by atoms with Crippen LogP contribution < -0.4 is 9.47 Å². The Labute approximate surface area is 148 Å². The van der Waals surface area contributed by atoms with Crippen molar-refractivity contribution in [3.8, 4) is 17.2 Å². The molecule has 0 saturated heterocycles. The minimum Gasteiger partial charge on any atom is -0.477 e. The summed E-state index contributed by atoms with van der Waals surface area (Å²) in [5.74, 6) is 0.677. The third-order valence-corrected chi connectivity index (χ3v) is 3.70. The molecule has 23 heavy (non-hydrogen) atoms. The van der Waals surface area contributed by atoms with Gasteiger partial charge in [0.15, 0.2) is 6.10 Å². The maximum Gasteiger partial charge on any atom is 0.346 e. The summed E-state index contributed by atoms with van der Waals surface area (Å²) >= 11 is 18.0. The van der Waals surface area contributed by atoms with Gasteiger partial charge in [0.2, 0.25) is 0 Å². The predicted molar refractivity (Wildman–Crippen MR) is 90.1 cm³/mol. The normalized spacial score (nSPS) is 11.7. The van der Waals surface area contributed by atoms with Crippen LogP contribution in [0.15, 0.2) is 36.4 Å². The summed E-state index contributed by atoms with van der Waals surface area (Å²) in [6.45, 7) is 1.56. The molecule has 2 aromatic carbocycles. The van der Waals surface area contributed by atoms with Gasteiger partial charge in [0.1, 0.15) is 17.2 Å². The average Bonchev–Trinajstić information content (AvgIpc) is 2.52. The van der Waals surface area contributed by atoms with E-state index in [9.17, 15) is 4.79 Å². The van der Waals surface area contributed by atoms with E-state index < -0.39 is 12.1 Å². The van der Waals surface area contributed by atoms with Crippen molar-refractivity contribution in [2.45, 2.75) is 13.0 Å². The van der Waals surface area contributed by atoms with Crippen LogP contribution in [0, 0.1) is 0 Å². The van der Waals surface area contributed by atoms with E-state index in [-0.39, 0.29) is 0 Å². The van der Waals surface area contributed by atoms with E-state index in [4.69, 9.17) is 44.3 Å². The molecule has 7 heteroatoms. The maximum absolute atomic E-state index is 11.4. The van der Waals surface area contributed by atoms with Gasteiger partial charge in [-0.2, -0.15) is 0 Å². The molecular weight excluding hydrogens is 363 g/mol. The summed E-state index contributed by atoms with van der Waals surface area (Å²) in [6.07, 6.45) is -0.799. The summed E-state index contributed by atoms with van der Waals surface area (Å²) < 4.78 is 15.8. The molecule has 0 amide bonds. The Morgan fingerprint density at radius 2 is 1.74 bits per heavy atom. The van der Waals surface area contributed by atoms with E-state index in [0.29, 0.717) is 32.3 Å². The molecule has 0 aliphatic heterocycles. The fourth-order valence-electron chi connectivity index (χ4n) is 1.73. The van der Waals surface area contributed by atoms with Crippen molar-refractivity contribution in [1.82, 2.24) is 0 Å². The Morgan fingerprint density at radius 3 is 2.39 bits per heavy atom. The van der Waals surface area contributed by atoms with E-state index in [1.807, 2.05) is 0 Å². The van der Waals surface area contributed by atoms with E-state index in [1.54, 1.807) is 43.3 Å². The lowest BCUT2D eigenvalue weighted by Gasteiger charge is -2.15. The fraction of sp³-hybridized carbons (Fsp3) is 0.188. The van der Waals surface area contributed by atoms with Crippen molar-refractivity contribution in [1.29, 1.82) is 0 Å². The predicted octanol–water partition coefficient (Wildman–Crippen LogP) is 5.38. The smallest absolute Gasteiger partial charge is 0.346 e. The summed E-state index contributed by atoms with van der Waals surface area (Å²) in [7, 11) is 1.28. The summed E-state index contributed by atoms with van der Waals surface area (Å²) in [4.78, 5) is 11.4. The lowest BCUT2D eigenvalue weighted by molar-refractivity contribution is -0.147. The van der Waals surface area contributed by atoms with Crippen LogP contribution in [-0.2, 0) is 9.53 Å². The molecule has 0 radical (unpaired) electrons. The number of benzene rings is 2. The average molecular weight is 376 g/mol. The van der Waals surface area contributed by atoms with E-state index in [1.165, 1.54) is 7.11 Å². The molecule has 1 unspecified atom stereocenters. The van der Waals surface area contributed by atoms with Crippen LogP contribution in [0.25, 0.3) is 0 Å². The van der Waals surface area contributed by atoms with Crippen molar-refractivity contribution in [3.63, 3.8) is 0 Å². The molecule has 0 heterocycles. The Kier molecular flexibility index (Phi) is 5.99. The zero-order chi connectivity index (χ0) is 17.0. The van der Waals surface area contributed by atoms with Crippen LogP contribution in [0.4, 0.5) is 0 Å². The first-order valence-corrected chi connectivity index (χ1v) is 7.71. The Balaban J connectivity index is 2.21. The van der Waals surface area contributed by atoms with Gasteiger partial charge < -0.3 is 14.2 Å². The SMILES string of the molecule is COC(=O)C(C)Oc1cc(Oc2ccc(Cl)cc2Cl)ccc1Cl. The molecule has 0 fully saturated rings. The fourth-order valence-corrected chi connectivity index (χ4v) is 2.34. The van der Waals surface area contributed by atoms with Crippen LogP contribution in [-0.4, -0.2) is 19.2 Å². The molecule has 2 rings (SSSR count). The molecule has 2 aromatic rings. The van der Waals surface area contributed by atoms with Gasteiger partial charge in [0.05, 0.1) is 17.2 Å².